The van der Waals surface area contributed by atoms with E-state index in [0.717, 1.165) is 5.56 Å². The summed E-state index contributed by atoms with van der Waals surface area (Å²) in [7, 11) is 1.33. The van der Waals surface area contributed by atoms with Crippen LogP contribution in [0.25, 0.3) is 0 Å². The number of aromatic nitrogens is 1. The van der Waals surface area contributed by atoms with Crippen molar-refractivity contribution in [2.75, 3.05) is 7.11 Å². The summed E-state index contributed by atoms with van der Waals surface area (Å²) in [5.41, 5.74) is 6.85. The van der Waals surface area contributed by atoms with E-state index in [4.69, 9.17) is 5.73 Å². The fourth-order valence-corrected chi connectivity index (χ4v) is 1.08. The van der Waals surface area contributed by atoms with Gasteiger partial charge in [0.1, 0.15) is 0 Å². The first-order chi connectivity index (χ1) is 6.16. The Labute approximate surface area is 76.7 Å². The van der Waals surface area contributed by atoms with E-state index >= 15 is 0 Å². The van der Waals surface area contributed by atoms with Gasteiger partial charge < -0.3 is 10.5 Å². The van der Waals surface area contributed by atoms with E-state index in [1.165, 1.54) is 13.3 Å². The molecule has 13 heavy (non-hydrogen) atoms. The Morgan fingerprint density at radius 1 is 1.69 bits per heavy atom. The van der Waals surface area contributed by atoms with Crippen molar-refractivity contribution in [3.63, 3.8) is 0 Å². The van der Waals surface area contributed by atoms with Crippen molar-refractivity contribution < 1.29 is 9.53 Å². The number of pyridine rings is 1. The highest BCUT2D eigenvalue weighted by atomic mass is 16.5. The van der Waals surface area contributed by atoms with Gasteiger partial charge in [0.25, 0.3) is 0 Å². The summed E-state index contributed by atoms with van der Waals surface area (Å²) < 4.78 is 4.59. The monoisotopic (exact) mass is 180 g/mol. The lowest BCUT2D eigenvalue weighted by atomic mass is 10.1. The molecule has 0 saturated carbocycles. The van der Waals surface area contributed by atoms with Crippen LogP contribution in [0.15, 0.2) is 18.5 Å². The van der Waals surface area contributed by atoms with E-state index in [-0.39, 0.29) is 6.04 Å². The fourth-order valence-electron chi connectivity index (χ4n) is 1.08. The maximum atomic E-state index is 11.2. The molecule has 0 spiro atoms. The molecule has 0 aliphatic carbocycles. The summed E-state index contributed by atoms with van der Waals surface area (Å²) in [5, 5.41) is 0. The molecule has 1 heterocycles. The lowest BCUT2D eigenvalue weighted by Crippen LogP contribution is -2.13. The van der Waals surface area contributed by atoms with Crippen molar-refractivity contribution in [1.29, 1.82) is 0 Å². The van der Waals surface area contributed by atoms with Crippen molar-refractivity contribution in [2.24, 2.45) is 5.73 Å². The van der Waals surface area contributed by atoms with Crippen molar-refractivity contribution in [2.45, 2.75) is 13.0 Å². The Morgan fingerprint density at radius 3 is 2.92 bits per heavy atom. The fraction of sp³-hybridized carbons (Fsp3) is 0.333. The minimum Gasteiger partial charge on any atom is -0.465 e. The number of esters is 1. The number of nitrogens with zero attached hydrogens (tertiary/aromatic N) is 1. The minimum atomic E-state index is -0.402. The van der Waals surface area contributed by atoms with E-state index in [9.17, 15) is 4.79 Å². The van der Waals surface area contributed by atoms with Gasteiger partial charge in [-0.15, -0.1) is 0 Å². The average Bonchev–Trinajstić information content (AvgIpc) is 2.16. The molecular formula is C9H12N2O2. The second-order valence-corrected chi connectivity index (χ2v) is 2.74. The van der Waals surface area contributed by atoms with Crippen LogP contribution in [0.4, 0.5) is 0 Å². The van der Waals surface area contributed by atoms with Gasteiger partial charge in [0.15, 0.2) is 0 Å². The third kappa shape index (κ3) is 2.03. The molecule has 0 aromatic carbocycles. The Bertz CT molecular complexity index is 310. The zero-order chi connectivity index (χ0) is 9.84. The average molecular weight is 180 g/mol. The molecule has 0 unspecified atom stereocenters. The molecule has 1 atom stereocenters. The number of hydrogen-bond donors (Lipinski definition) is 1. The lowest BCUT2D eigenvalue weighted by molar-refractivity contribution is 0.0598. The van der Waals surface area contributed by atoms with E-state index in [1.807, 2.05) is 6.92 Å². The van der Waals surface area contributed by atoms with Gasteiger partial charge in [-0.2, -0.15) is 0 Å². The Morgan fingerprint density at radius 2 is 2.38 bits per heavy atom. The predicted molar refractivity (Wildman–Crippen MR) is 48.2 cm³/mol. The van der Waals surface area contributed by atoms with Gasteiger partial charge in [-0.25, -0.2) is 4.79 Å². The molecule has 0 fully saturated rings. The summed E-state index contributed by atoms with van der Waals surface area (Å²) in [6.45, 7) is 1.81. The van der Waals surface area contributed by atoms with Gasteiger partial charge in [0, 0.05) is 18.4 Å². The zero-order valence-electron chi connectivity index (χ0n) is 7.65. The van der Waals surface area contributed by atoms with Crippen LogP contribution in [0.2, 0.25) is 0 Å². The second-order valence-electron chi connectivity index (χ2n) is 2.74. The molecule has 70 valence electrons. The van der Waals surface area contributed by atoms with Gasteiger partial charge in [0.2, 0.25) is 0 Å². The summed E-state index contributed by atoms with van der Waals surface area (Å²) in [4.78, 5) is 15.1. The molecular weight excluding hydrogens is 168 g/mol. The molecule has 0 radical (unpaired) electrons. The van der Waals surface area contributed by atoms with Gasteiger partial charge in [-0.05, 0) is 18.6 Å². The number of carbonyl (C=O) groups excluding carboxylic acids is 1. The Balaban J connectivity index is 3.12. The van der Waals surface area contributed by atoms with Crippen molar-refractivity contribution >= 4 is 5.97 Å². The number of carbonyl (C=O) groups is 1. The molecule has 0 saturated heterocycles. The molecule has 1 rings (SSSR count). The van der Waals surface area contributed by atoms with Crippen molar-refractivity contribution in [3.8, 4) is 0 Å². The van der Waals surface area contributed by atoms with Crippen LogP contribution in [0.1, 0.15) is 28.9 Å². The van der Waals surface area contributed by atoms with E-state index < -0.39 is 5.97 Å². The number of ether oxygens (including phenoxy) is 1. The molecule has 0 aliphatic rings. The van der Waals surface area contributed by atoms with Crippen LogP contribution in [-0.4, -0.2) is 18.1 Å². The second kappa shape index (κ2) is 4.00. The third-order valence-electron chi connectivity index (χ3n) is 1.75. The highest BCUT2D eigenvalue weighted by molar-refractivity contribution is 5.90. The van der Waals surface area contributed by atoms with Gasteiger partial charge in [-0.3, -0.25) is 4.98 Å². The molecule has 0 bridgehead atoms. The standard InChI is InChI=1S/C9H12N2O2/c1-6(10)7-3-4-11-5-8(7)9(12)13-2/h3-6H,10H2,1-2H3/t6-/m0/s1. The summed E-state index contributed by atoms with van der Waals surface area (Å²) in [6, 6.07) is 1.52. The summed E-state index contributed by atoms with van der Waals surface area (Å²) in [5.74, 6) is -0.402. The Hall–Kier alpha value is -1.42. The van der Waals surface area contributed by atoms with E-state index in [0.29, 0.717) is 5.56 Å². The highest BCUT2D eigenvalue weighted by Gasteiger charge is 2.13. The summed E-state index contributed by atoms with van der Waals surface area (Å²) in [6.07, 6.45) is 3.07. The number of nitrogens with two attached hydrogens (primary N) is 1. The van der Waals surface area contributed by atoms with Crippen LogP contribution in [0.5, 0.6) is 0 Å². The summed E-state index contributed by atoms with van der Waals surface area (Å²) >= 11 is 0. The van der Waals surface area contributed by atoms with Gasteiger partial charge in [-0.1, -0.05) is 0 Å². The predicted octanol–water partition coefficient (Wildman–Crippen LogP) is 0.888. The quantitative estimate of drug-likeness (QED) is 0.686. The van der Waals surface area contributed by atoms with Crippen molar-refractivity contribution in [3.05, 3.63) is 29.6 Å². The molecule has 0 amide bonds. The smallest absolute Gasteiger partial charge is 0.339 e. The van der Waals surface area contributed by atoms with Crippen LogP contribution in [0.3, 0.4) is 0 Å². The largest absolute Gasteiger partial charge is 0.465 e. The normalized spacial score (nSPS) is 12.2. The number of rotatable bonds is 2. The van der Waals surface area contributed by atoms with Crippen LogP contribution < -0.4 is 5.73 Å². The third-order valence-corrected chi connectivity index (χ3v) is 1.75. The first kappa shape index (κ1) is 9.67. The highest BCUT2D eigenvalue weighted by Crippen LogP contribution is 2.14. The molecule has 4 nitrogen and oxygen atoms in total. The Kier molecular flexibility index (Phi) is 2.97. The van der Waals surface area contributed by atoms with Crippen molar-refractivity contribution in [1.82, 2.24) is 4.98 Å². The first-order valence-corrected chi connectivity index (χ1v) is 3.94. The number of methoxy groups -OCH3 is 1. The molecule has 0 aliphatic heterocycles. The first-order valence-electron chi connectivity index (χ1n) is 3.94. The molecule has 4 heteroatoms. The van der Waals surface area contributed by atoms with Crippen LogP contribution >= 0.6 is 0 Å². The molecule has 1 aromatic rings. The van der Waals surface area contributed by atoms with E-state index in [2.05, 4.69) is 9.72 Å². The SMILES string of the molecule is COC(=O)c1cnccc1[C@H](C)N. The van der Waals surface area contributed by atoms with Gasteiger partial charge in [0.05, 0.1) is 12.7 Å². The molecule has 1 aromatic heterocycles. The maximum absolute atomic E-state index is 11.2. The number of hydrogen-bond acceptors (Lipinski definition) is 4. The van der Waals surface area contributed by atoms with Crippen LogP contribution in [-0.2, 0) is 4.74 Å². The lowest BCUT2D eigenvalue weighted by Gasteiger charge is -2.09. The van der Waals surface area contributed by atoms with Gasteiger partial charge >= 0.3 is 5.97 Å². The maximum Gasteiger partial charge on any atom is 0.339 e. The topological polar surface area (TPSA) is 65.2 Å². The van der Waals surface area contributed by atoms with E-state index in [1.54, 1.807) is 12.3 Å². The molecule has 2 N–H and O–H groups in total. The zero-order valence-corrected chi connectivity index (χ0v) is 7.65. The van der Waals surface area contributed by atoms with Crippen LogP contribution in [0, 0.1) is 0 Å². The minimum absolute atomic E-state index is 0.197.